The van der Waals surface area contributed by atoms with Gasteiger partial charge in [0.25, 0.3) is 0 Å². The van der Waals surface area contributed by atoms with E-state index < -0.39 is 0 Å². The second-order valence-electron chi connectivity index (χ2n) is 6.80. The van der Waals surface area contributed by atoms with Gasteiger partial charge in [-0.3, -0.25) is 0 Å². The zero-order valence-corrected chi connectivity index (χ0v) is 10.6. The lowest BCUT2D eigenvalue weighted by atomic mass is 9.88. The van der Waals surface area contributed by atoms with E-state index in [-0.39, 0.29) is 0 Å². The molecule has 0 nitrogen and oxygen atoms in total. The van der Waals surface area contributed by atoms with Crippen molar-refractivity contribution in [2.75, 3.05) is 0 Å². The first-order valence-electron chi connectivity index (χ1n) is 6.76. The van der Waals surface area contributed by atoms with Gasteiger partial charge in [0.1, 0.15) is 0 Å². The minimum Gasteiger partial charge on any atom is -0.0676 e. The molecule has 84 valence electrons. The molecule has 0 amide bonds. The molecule has 0 radical (unpaired) electrons. The van der Waals surface area contributed by atoms with Crippen molar-refractivity contribution in [1.82, 2.24) is 0 Å². The van der Waals surface area contributed by atoms with E-state index in [9.17, 15) is 0 Å². The number of rotatable bonds is 0. The van der Waals surface area contributed by atoms with E-state index in [1.807, 2.05) is 11.1 Å². The van der Waals surface area contributed by atoms with Crippen molar-refractivity contribution in [1.29, 1.82) is 0 Å². The van der Waals surface area contributed by atoms with Crippen LogP contribution in [0, 0.1) is 29.1 Å². The van der Waals surface area contributed by atoms with Crippen LogP contribution in [0.25, 0.3) is 0 Å². The average Bonchev–Trinajstić information content (AvgIpc) is 2.55. The summed E-state index contributed by atoms with van der Waals surface area (Å²) >= 11 is 0. The van der Waals surface area contributed by atoms with Crippen LogP contribution in [-0.4, -0.2) is 0 Å². The number of hydrogen-bond donors (Lipinski definition) is 0. The molecule has 0 saturated heterocycles. The Morgan fingerprint density at radius 2 is 1.73 bits per heavy atom. The summed E-state index contributed by atoms with van der Waals surface area (Å²) in [6.07, 6.45) is 5.79. The summed E-state index contributed by atoms with van der Waals surface area (Å²) in [5.41, 5.74) is 4.43. The van der Waals surface area contributed by atoms with Crippen molar-refractivity contribution in [3.05, 3.63) is 11.1 Å². The predicted octanol–water partition coefficient (Wildman–Crippen LogP) is 4.42. The van der Waals surface area contributed by atoms with Crippen LogP contribution in [0.1, 0.15) is 53.4 Å². The molecule has 1 saturated carbocycles. The van der Waals surface area contributed by atoms with Crippen molar-refractivity contribution in [2.24, 2.45) is 29.1 Å². The molecule has 3 rings (SSSR count). The summed E-state index contributed by atoms with van der Waals surface area (Å²) in [5, 5.41) is 0. The van der Waals surface area contributed by atoms with E-state index in [0.717, 1.165) is 23.7 Å². The lowest BCUT2D eigenvalue weighted by Crippen LogP contribution is -2.05. The first kappa shape index (κ1) is 9.93. The molecule has 0 aromatic carbocycles. The number of hydrogen-bond acceptors (Lipinski definition) is 0. The molecule has 0 unspecified atom stereocenters. The molecule has 0 heteroatoms. The molecular weight excluding hydrogens is 180 g/mol. The first-order chi connectivity index (χ1) is 7.03. The van der Waals surface area contributed by atoms with Gasteiger partial charge >= 0.3 is 0 Å². The molecule has 0 bridgehead atoms. The van der Waals surface area contributed by atoms with Gasteiger partial charge in [0, 0.05) is 0 Å². The van der Waals surface area contributed by atoms with Crippen molar-refractivity contribution >= 4 is 0 Å². The van der Waals surface area contributed by atoms with E-state index in [2.05, 4.69) is 27.7 Å². The average molecular weight is 204 g/mol. The smallest absolute Gasteiger partial charge is 0.0110 e. The fourth-order valence-corrected chi connectivity index (χ4v) is 4.53. The van der Waals surface area contributed by atoms with Crippen molar-refractivity contribution in [3.8, 4) is 0 Å². The van der Waals surface area contributed by atoms with E-state index >= 15 is 0 Å². The Labute approximate surface area is 94.1 Å². The summed E-state index contributed by atoms with van der Waals surface area (Å²) in [6.45, 7) is 9.92. The summed E-state index contributed by atoms with van der Waals surface area (Å²) < 4.78 is 0. The quantitative estimate of drug-likeness (QED) is 0.513. The molecule has 15 heavy (non-hydrogen) atoms. The largest absolute Gasteiger partial charge is 0.0676 e. The third-order valence-corrected chi connectivity index (χ3v) is 5.64. The Hall–Kier alpha value is -0.260. The zero-order chi connectivity index (χ0) is 10.8. The second kappa shape index (κ2) is 2.90. The molecule has 0 aromatic heterocycles. The standard InChI is InChI=1S/C15H24/c1-9-6-8-12-14(15(12,3)4)13-10(2)5-7-11(9)13/h9-10,12,14H,5-8H2,1-4H3/t9-,10-,12-,14-/m1/s1. The Kier molecular flexibility index (Phi) is 1.92. The summed E-state index contributed by atoms with van der Waals surface area (Å²) in [5.74, 6) is 3.78. The highest BCUT2D eigenvalue weighted by Gasteiger charge is 2.61. The van der Waals surface area contributed by atoms with E-state index in [0.29, 0.717) is 5.41 Å². The van der Waals surface area contributed by atoms with Crippen molar-refractivity contribution < 1.29 is 0 Å². The maximum absolute atomic E-state index is 2.49. The molecule has 1 fully saturated rings. The van der Waals surface area contributed by atoms with E-state index in [1.165, 1.54) is 25.7 Å². The van der Waals surface area contributed by atoms with Gasteiger partial charge < -0.3 is 0 Å². The van der Waals surface area contributed by atoms with Crippen LogP contribution < -0.4 is 0 Å². The van der Waals surface area contributed by atoms with Crippen LogP contribution in [0.5, 0.6) is 0 Å². The van der Waals surface area contributed by atoms with Gasteiger partial charge in [-0.25, -0.2) is 0 Å². The third kappa shape index (κ3) is 1.20. The van der Waals surface area contributed by atoms with Crippen LogP contribution in [0.4, 0.5) is 0 Å². The third-order valence-electron chi connectivity index (χ3n) is 5.64. The van der Waals surface area contributed by atoms with Gasteiger partial charge in [-0.2, -0.15) is 0 Å². The van der Waals surface area contributed by atoms with Gasteiger partial charge in [0.15, 0.2) is 0 Å². The minimum absolute atomic E-state index is 0.638. The Bertz CT molecular complexity index is 321. The van der Waals surface area contributed by atoms with E-state index in [4.69, 9.17) is 0 Å². The lowest BCUT2D eigenvalue weighted by Gasteiger charge is -2.17. The molecule has 3 aliphatic carbocycles. The lowest BCUT2D eigenvalue weighted by molar-refractivity contribution is 0.471. The summed E-state index contributed by atoms with van der Waals surface area (Å²) in [7, 11) is 0. The number of allylic oxidation sites excluding steroid dienone is 2. The maximum Gasteiger partial charge on any atom is -0.0110 e. The topological polar surface area (TPSA) is 0 Å². The molecule has 0 aromatic rings. The van der Waals surface area contributed by atoms with Gasteiger partial charge in [0.2, 0.25) is 0 Å². The van der Waals surface area contributed by atoms with Crippen LogP contribution in [0.2, 0.25) is 0 Å². The molecule has 0 spiro atoms. The molecule has 3 aliphatic rings. The van der Waals surface area contributed by atoms with Crippen molar-refractivity contribution in [3.63, 3.8) is 0 Å². The van der Waals surface area contributed by atoms with Gasteiger partial charge in [-0.05, 0) is 54.8 Å². The summed E-state index contributed by atoms with van der Waals surface area (Å²) in [6, 6.07) is 0. The predicted molar refractivity (Wildman–Crippen MR) is 64.6 cm³/mol. The molecule has 0 heterocycles. The van der Waals surface area contributed by atoms with Crippen LogP contribution in [-0.2, 0) is 0 Å². The highest BCUT2D eigenvalue weighted by atomic mass is 14.6. The van der Waals surface area contributed by atoms with Crippen molar-refractivity contribution in [2.45, 2.75) is 53.4 Å². The fraction of sp³-hybridized carbons (Fsp3) is 0.867. The fourth-order valence-electron chi connectivity index (χ4n) is 4.53. The maximum atomic E-state index is 2.49. The molecular formula is C15H24. The highest BCUT2D eigenvalue weighted by molar-refractivity contribution is 5.36. The molecule has 4 atom stereocenters. The number of fused-ring (bicyclic) bond motifs is 2. The van der Waals surface area contributed by atoms with Crippen LogP contribution in [0.3, 0.4) is 0 Å². The van der Waals surface area contributed by atoms with E-state index in [1.54, 1.807) is 0 Å². The Morgan fingerprint density at radius 3 is 2.47 bits per heavy atom. The SMILES string of the molecule is C[C@@H]1CC[C@@H]2[C@H](C3=C1CC[C@H]3C)C2(C)C. The van der Waals surface area contributed by atoms with Crippen LogP contribution in [0.15, 0.2) is 11.1 Å². The van der Waals surface area contributed by atoms with Crippen LogP contribution >= 0.6 is 0 Å². The van der Waals surface area contributed by atoms with Gasteiger partial charge in [-0.15, -0.1) is 0 Å². The zero-order valence-electron chi connectivity index (χ0n) is 10.6. The second-order valence-corrected chi connectivity index (χ2v) is 6.80. The first-order valence-corrected chi connectivity index (χ1v) is 6.76. The summed E-state index contributed by atoms with van der Waals surface area (Å²) in [4.78, 5) is 0. The highest BCUT2D eigenvalue weighted by Crippen LogP contribution is 2.68. The van der Waals surface area contributed by atoms with Gasteiger partial charge in [0.05, 0.1) is 0 Å². The monoisotopic (exact) mass is 204 g/mol. The Morgan fingerprint density at radius 1 is 1.00 bits per heavy atom. The minimum atomic E-state index is 0.638. The normalized spacial score (nSPS) is 47.2. The van der Waals surface area contributed by atoms with Gasteiger partial charge in [-0.1, -0.05) is 38.8 Å². The molecule has 0 aliphatic heterocycles. The molecule has 0 N–H and O–H groups in total. The Balaban J connectivity index is 2.02.